The van der Waals surface area contributed by atoms with Gasteiger partial charge < -0.3 is 10.6 Å². The molecule has 0 aromatic heterocycles. The molecule has 0 bridgehead atoms. The maximum atomic E-state index is 12.8. The van der Waals surface area contributed by atoms with Gasteiger partial charge in [-0.15, -0.1) is 0 Å². The summed E-state index contributed by atoms with van der Waals surface area (Å²) in [6.07, 6.45) is 0.684. The van der Waals surface area contributed by atoms with E-state index in [1.54, 1.807) is 12.1 Å². The van der Waals surface area contributed by atoms with Crippen molar-refractivity contribution in [2.45, 2.75) is 26.3 Å². The van der Waals surface area contributed by atoms with Crippen LogP contribution in [0.25, 0.3) is 0 Å². The molecular weight excluding hydrogens is 279 g/mol. The first-order valence-corrected chi connectivity index (χ1v) is 7.40. The van der Waals surface area contributed by atoms with E-state index >= 15 is 0 Å². The minimum Gasteiger partial charge on any atom is -0.374 e. The van der Waals surface area contributed by atoms with E-state index in [0.717, 1.165) is 16.8 Å². The smallest absolute Gasteiger partial charge is 0.242 e. The molecule has 0 spiro atoms. The van der Waals surface area contributed by atoms with Crippen molar-refractivity contribution in [1.82, 2.24) is 5.32 Å². The van der Waals surface area contributed by atoms with Crippen molar-refractivity contribution >= 4 is 11.6 Å². The molecule has 2 aromatic carbocycles. The Morgan fingerprint density at radius 1 is 1.18 bits per heavy atom. The first kappa shape index (κ1) is 16.0. The van der Waals surface area contributed by atoms with Crippen molar-refractivity contribution in [3.05, 3.63) is 65.5 Å². The first-order valence-electron chi connectivity index (χ1n) is 7.40. The van der Waals surface area contributed by atoms with Gasteiger partial charge in [-0.2, -0.15) is 0 Å². The first-order chi connectivity index (χ1) is 10.5. The third-order valence-electron chi connectivity index (χ3n) is 3.42. The SMILES string of the molecule is Cc1cccc(N[C@H](C)C(=O)NCCc2ccc(F)cc2)c1. The fourth-order valence-corrected chi connectivity index (χ4v) is 2.18. The van der Waals surface area contributed by atoms with Crippen LogP contribution in [0.4, 0.5) is 10.1 Å². The third-order valence-corrected chi connectivity index (χ3v) is 3.42. The van der Waals surface area contributed by atoms with Crippen LogP contribution in [0.3, 0.4) is 0 Å². The molecule has 0 saturated carbocycles. The second-order valence-electron chi connectivity index (χ2n) is 5.40. The zero-order valence-electron chi connectivity index (χ0n) is 12.9. The van der Waals surface area contributed by atoms with E-state index in [1.165, 1.54) is 12.1 Å². The van der Waals surface area contributed by atoms with Crippen LogP contribution in [0.1, 0.15) is 18.1 Å². The minimum absolute atomic E-state index is 0.0522. The molecule has 0 aliphatic rings. The fourth-order valence-electron chi connectivity index (χ4n) is 2.18. The number of amides is 1. The van der Waals surface area contributed by atoms with Gasteiger partial charge in [0.05, 0.1) is 0 Å². The Kier molecular flexibility index (Phi) is 5.53. The van der Waals surface area contributed by atoms with E-state index in [4.69, 9.17) is 0 Å². The molecule has 2 N–H and O–H groups in total. The monoisotopic (exact) mass is 300 g/mol. The number of rotatable bonds is 6. The number of benzene rings is 2. The molecule has 0 fully saturated rings. The Hall–Kier alpha value is -2.36. The van der Waals surface area contributed by atoms with E-state index in [9.17, 15) is 9.18 Å². The highest BCUT2D eigenvalue weighted by Gasteiger charge is 2.11. The van der Waals surface area contributed by atoms with Gasteiger partial charge in [0.25, 0.3) is 0 Å². The topological polar surface area (TPSA) is 41.1 Å². The molecule has 0 heterocycles. The van der Waals surface area contributed by atoms with Crippen LogP contribution < -0.4 is 10.6 Å². The Bertz CT molecular complexity index is 625. The van der Waals surface area contributed by atoms with Crippen molar-refractivity contribution in [2.24, 2.45) is 0 Å². The molecule has 3 nitrogen and oxygen atoms in total. The second kappa shape index (κ2) is 7.59. The highest BCUT2D eigenvalue weighted by molar-refractivity contribution is 5.84. The van der Waals surface area contributed by atoms with Gasteiger partial charge in [-0.05, 0) is 55.7 Å². The van der Waals surface area contributed by atoms with Gasteiger partial charge in [0.15, 0.2) is 0 Å². The number of halogens is 1. The molecule has 0 aliphatic heterocycles. The van der Waals surface area contributed by atoms with Crippen molar-refractivity contribution in [1.29, 1.82) is 0 Å². The molecule has 0 aliphatic carbocycles. The number of aryl methyl sites for hydroxylation is 1. The zero-order chi connectivity index (χ0) is 15.9. The van der Waals surface area contributed by atoms with Gasteiger partial charge in [-0.1, -0.05) is 24.3 Å². The van der Waals surface area contributed by atoms with Crippen LogP contribution in [0.2, 0.25) is 0 Å². The molecule has 4 heteroatoms. The number of hydrogen-bond acceptors (Lipinski definition) is 2. The lowest BCUT2D eigenvalue weighted by Gasteiger charge is -2.15. The Morgan fingerprint density at radius 3 is 2.59 bits per heavy atom. The molecular formula is C18H21FN2O. The summed E-state index contributed by atoms with van der Waals surface area (Å²) in [6.45, 7) is 4.37. The van der Waals surface area contributed by atoms with Crippen molar-refractivity contribution in [3.63, 3.8) is 0 Å². The van der Waals surface area contributed by atoms with E-state index in [-0.39, 0.29) is 17.8 Å². The van der Waals surface area contributed by atoms with Crippen LogP contribution in [0.15, 0.2) is 48.5 Å². The zero-order valence-corrected chi connectivity index (χ0v) is 12.9. The number of anilines is 1. The Balaban J connectivity index is 1.77. The molecule has 2 rings (SSSR count). The summed E-state index contributed by atoms with van der Waals surface area (Å²) in [5.41, 5.74) is 3.08. The summed E-state index contributed by atoms with van der Waals surface area (Å²) in [7, 11) is 0. The predicted octanol–water partition coefficient (Wildman–Crippen LogP) is 3.29. The Morgan fingerprint density at radius 2 is 1.91 bits per heavy atom. The average molecular weight is 300 g/mol. The summed E-state index contributed by atoms with van der Waals surface area (Å²) in [6, 6.07) is 13.9. The molecule has 22 heavy (non-hydrogen) atoms. The van der Waals surface area contributed by atoms with Crippen LogP contribution in [0, 0.1) is 12.7 Å². The second-order valence-corrected chi connectivity index (χ2v) is 5.40. The van der Waals surface area contributed by atoms with Crippen LogP contribution in [-0.4, -0.2) is 18.5 Å². The predicted molar refractivity (Wildman–Crippen MR) is 87.4 cm³/mol. The summed E-state index contributed by atoms with van der Waals surface area (Å²) >= 11 is 0. The maximum Gasteiger partial charge on any atom is 0.242 e. The molecule has 1 amide bonds. The average Bonchev–Trinajstić information content (AvgIpc) is 2.49. The molecule has 116 valence electrons. The highest BCUT2D eigenvalue weighted by atomic mass is 19.1. The number of hydrogen-bond donors (Lipinski definition) is 2. The lowest BCUT2D eigenvalue weighted by molar-refractivity contribution is -0.121. The normalized spacial score (nSPS) is 11.8. The lowest BCUT2D eigenvalue weighted by atomic mass is 10.1. The summed E-state index contributed by atoms with van der Waals surface area (Å²) < 4.78 is 12.8. The summed E-state index contributed by atoms with van der Waals surface area (Å²) in [5.74, 6) is -0.299. The quantitative estimate of drug-likeness (QED) is 0.859. The van der Waals surface area contributed by atoms with E-state index in [2.05, 4.69) is 10.6 Å². The molecule has 0 saturated heterocycles. The summed E-state index contributed by atoms with van der Waals surface area (Å²) in [5, 5.41) is 6.06. The fraction of sp³-hybridized carbons (Fsp3) is 0.278. The van der Waals surface area contributed by atoms with Gasteiger partial charge in [0, 0.05) is 12.2 Å². The van der Waals surface area contributed by atoms with E-state index < -0.39 is 0 Å². The van der Waals surface area contributed by atoms with Gasteiger partial charge in [0.2, 0.25) is 5.91 Å². The van der Waals surface area contributed by atoms with Gasteiger partial charge >= 0.3 is 0 Å². The number of nitrogens with one attached hydrogen (secondary N) is 2. The third kappa shape index (κ3) is 4.88. The highest BCUT2D eigenvalue weighted by Crippen LogP contribution is 2.10. The number of carbonyl (C=O) groups excluding carboxylic acids is 1. The van der Waals surface area contributed by atoms with Crippen molar-refractivity contribution in [2.75, 3.05) is 11.9 Å². The summed E-state index contributed by atoms with van der Waals surface area (Å²) in [4.78, 5) is 12.0. The van der Waals surface area contributed by atoms with Crippen LogP contribution >= 0.6 is 0 Å². The van der Waals surface area contributed by atoms with Crippen LogP contribution in [0.5, 0.6) is 0 Å². The lowest BCUT2D eigenvalue weighted by Crippen LogP contribution is -2.38. The minimum atomic E-state index is -0.310. The molecule has 2 aromatic rings. The molecule has 0 unspecified atom stereocenters. The van der Waals surface area contributed by atoms with E-state index in [0.29, 0.717) is 13.0 Å². The number of carbonyl (C=O) groups is 1. The van der Waals surface area contributed by atoms with Gasteiger partial charge in [0.1, 0.15) is 11.9 Å². The van der Waals surface area contributed by atoms with Crippen molar-refractivity contribution < 1.29 is 9.18 Å². The van der Waals surface area contributed by atoms with Gasteiger partial charge in [-0.3, -0.25) is 4.79 Å². The van der Waals surface area contributed by atoms with Crippen molar-refractivity contribution in [3.8, 4) is 0 Å². The largest absolute Gasteiger partial charge is 0.374 e. The molecule has 1 atom stereocenters. The Labute approximate surface area is 130 Å². The molecule has 0 radical (unpaired) electrons. The van der Waals surface area contributed by atoms with E-state index in [1.807, 2.05) is 38.1 Å². The maximum absolute atomic E-state index is 12.8. The van der Waals surface area contributed by atoms with Crippen LogP contribution in [-0.2, 0) is 11.2 Å². The standard InChI is InChI=1S/C18H21FN2O/c1-13-4-3-5-17(12-13)21-14(2)18(22)20-11-10-15-6-8-16(19)9-7-15/h3-9,12,14,21H,10-11H2,1-2H3,(H,20,22)/t14-/m1/s1. The van der Waals surface area contributed by atoms with Gasteiger partial charge in [-0.25, -0.2) is 4.39 Å².